The number of hydrogen-bond acceptors (Lipinski definition) is 4. The van der Waals surface area contributed by atoms with Gasteiger partial charge >= 0.3 is 0 Å². The lowest BCUT2D eigenvalue weighted by Crippen LogP contribution is -2.43. The molecule has 5 heteroatoms. The molecular formula is C20H20ClN3O. The molecule has 0 unspecified atom stereocenters. The minimum absolute atomic E-state index is 0.653. The molecule has 25 heavy (non-hydrogen) atoms. The van der Waals surface area contributed by atoms with Gasteiger partial charge in [-0.2, -0.15) is 0 Å². The highest BCUT2D eigenvalue weighted by Crippen LogP contribution is 2.35. The van der Waals surface area contributed by atoms with Crippen LogP contribution in [0.15, 0.2) is 48.8 Å². The first-order valence-corrected chi connectivity index (χ1v) is 8.88. The van der Waals surface area contributed by atoms with E-state index in [0.717, 1.165) is 40.9 Å². The molecular weight excluding hydrogens is 334 g/mol. The predicted octanol–water partition coefficient (Wildman–Crippen LogP) is 4.08. The maximum Gasteiger partial charge on any atom is 0.110 e. The number of aliphatic hydroxyl groups is 1. The zero-order valence-corrected chi connectivity index (χ0v) is 14.9. The third-order valence-electron chi connectivity index (χ3n) is 5.00. The lowest BCUT2D eigenvalue weighted by Gasteiger charge is -2.39. The largest absolute Gasteiger partial charge is 0.383 e. The van der Waals surface area contributed by atoms with Crippen LogP contribution in [-0.4, -0.2) is 28.2 Å². The molecule has 1 aliphatic heterocycles. The fourth-order valence-electron chi connectivity index (χ4n) is 3.50. The molecule has 1 aliphatic rings. The summed E-state index contributed by atoms with van der Waals surface area (Å²) in [6.07, 6.45) is 4.94. The van der Waals surface area contributed by atoms with Gasteiger partial charge in [-0.1, -0.05) is 17.7 Å². The molecule has 128 valence electrons. The second kappa shape index (κ2) is 6.28. The minimum atomic E-state index is -0.851. The summed E-state index contributed by atoms with van der Waals surface area (Å²) in [5.74, 6) is 0. The van der Waals surface area contributed by atoms with Gasteiger partial charge in [-0.3, -0.25) is 9.97 Å². The molecule has 0 amide bonds. The SMILES string of the molecule is Cc1ccc(C2(O)CCN(c3ccnc4cc(Cl)ccc34)CC2)nc1. The number of anilines is 1. The fraction of sp³-hybridized carbons (Fsp3) is 0.300. The standard InChI is InChI=1S/C20H20ClN3O/c1-14-2-5-19(23-13-14)20(25)7-10-24(11-8-20)18-6-9-22-17-12-15(21)3-4-16(17)18/h2-6,9,12-13,25H,7-8,10-11H2,1H3. The number of aromatic nitrogens is 2. The summed E-state index contributed by atoms with van der Waals surface area (Å²) in [7, 11) is 0. The van der Waals surface area contributed by atoms with Crippen molar-refractivity contribution in [2.75, 3.05) is 18.0 Å². The summed E-state index contributed by atoms with van der Waals surface area (Å²) in [5, 5.41) is 12.8. The summed E-state index contributed by atoms with van der Waals surface area (Å²) in [6, 6.07) is 11.8. The van der Waals surface area contributed by atoms with Gasteiger partial charge in [-0.05, 0) is 55.7 Å². The number of aryl methyl sites for hydroxylation is 1. The summed E-state index contributed by atoms with van der Waals surface area (Å²) >= 11 is 6.08. The normalized spacial score (nSPS) is 17.0. The van der Waals surface area contributed by atoms with Crippen LogP contribution in [0.2, 0.25) is 5.02 Å². The Kier molecular flexibility index (Phi) is 4.10. The van der Waals surface area contributed by atoms with Crippen LogP contribution < -0.4 is 4.90 Å². The van der Waals surface area contributed by atoms with Crippen LogP contribution in [0.25, 0.3) is 10.9 Å². The summed E-state index contributed by atoms with van der Waals surface area (Å²) in [6.45, 7) is 3.55. The molecule has 3 aromatic rings. The van der Waals surface area contributed by atoms with E-state index in [4.69, 9.17) is 11.6 Å². The Balaban J connectivity index is 1.59. The maximum absolute atomic E-state index is 11.0. The zero-order chi connectivity index (χ0) is 17.4. The lowest BCUT2D eigenvalue weighted by molar-refractivity contribution is 0.00764. The topological polar surface area (TPSA) is 49.2 Å². The highest BCUT2D eigenvalue weighted by Gasteiger charge is 2.35. The average Bonchev–Trinajstić information content (AvgIpc) is 2.62. The average molecular weight is 354 g/mol. The molecule has 3 heterocycles. The van der Waals surface area contributed by atoms with Gasteiger partial charge in [-0.25, -0.2) is 0 Å². The molecule has 1 fully saturated rings. The molecule has 0 aliphatic carbocycles. The summed E-state index contributed by atoms with van der Waals surface area (Å²) in [4.78, 5) is 11.2. The molecule has 0 spiro atoms. The van der Waals surface area contributed by atoms with Gasteiger partial charge in [0.2, 0.25) is 0 Å². The smallest absolute Gasteiger partial charge is 0.110 e. The van der Waals surface area contributed by atoms with Crippen molar-refractivity contribution in [1.82, 2.24) is 9.97 Å². The van der Waals surface area contributed by atoms with Gasteiger partial charge in [0.05, 0.1) is 11.2 Å². The van der Waals surface area contributed by atoms with Crippen LogP contribution in [-0.2, 0) is 5.60 Å². The van der Waals surface area contributed by atoms with Crippen LogP contribution in [0.1, 0.15) is 24.1 Å². The molecule has 4 rings (SSSR count). The van der Waals surface area contributed by atoms with Crippen LogP contribution in [0.4, 0.5) is 5.69 Å². The van der Waals surface area contributed by atoms with Crippen LogP contribution in [0, 0.1) is 6.92 Å². The van der Waals surface area contributed by atoms with E-state index in [1.807, 2.05) is 55.7 Å². The van der Waals surface area contributed by atoms with E-state index in [1.54, 1.807) is 0 Å². The van der Waals surface area contributed by atoms with Gasteiger partial charge in [0.1, 0.15) is 5.60 Å². The Morgan fingerprint density at radius 2 is 1.88 bits per heavy atom. The van der Waals surface area contributed by atoms with E-state index in [-0.39, 0.29) is 0 Å². The van der Waals surface area contributed by atoms with E-state index in [1.165, 1.54) is 0 Å². The second-order valence-electron chi connectivity index (χ2n) is 6.73. The number of rotatable bonds is 2. The molecule has 0 saturated carbocycles. The summed E-state index contributed by atoms with van der Waals surface area (Å²) < 4.78 is 0. The molecule has 0 bridgehead atoms. The summed E-state index contributed by atoms with van der Waals surface area (Å²) in [5.41, 5.74) is 3.05. The van der Waals surface area contributed by atoms with Gasteiger partial charge in [0.15, 0.2) is 0 Å². The van der Waals surface area contributed by atoms with E-state index < -0.39 is 5.60 Å². The van der Waals surface area contributed by atoms with Gasteiger partial charge in [0.25, 0.3) is 0 Å². The Hall–Kier alpha value is -2.17. The van der Waals surface area contributed by atoms with Crippen molar-refractivity contribution in [2.45, 2.75) is 25.4 Å². The first-order valence-electron chi connectivity index (χ1n) is 8.50. The van der Waals surface area contributed by atoms with Crippen molar-refractivity contribution in [3.63, 3.8) is 0 Å². The molecule has 1 N–H and O–H groups in total. The number of benzene rings is 1. The van der Waals surface area contributed by atoms with E-state index in [9.17, 15) is 5.11 Å². The monoisotopic (exact) mass is 353 g/mol. The van der Waals surface area contributed by atoms with Crippen molar-refractivity contribution in [2.24, 2.45) is 0 Å². The van der Waals surface area contributed by atoms with E-state index in [2.05, 4.69) is 14.9 Å². The molecule has 1 aromatic carbocycles. The molecule has 2 aromatic heterocycles. The van der Waals surface area contributed by atoms with Crippen molar-refractivity contribution in [3.05, 3.63) is 65.1 Å². The predicted molar refractivity (Wildman–Crippen MR) is 101 cm³/mol. The third kappa shape index (κ3) is 3.08. The first kappa shape index (κ1) is 16.3. The Labute approximate surface area is 152 Å². The minimum Gasteiger partial charge on any atom is -0.383 e. The number of piperidine rings is 1. The molecule has 0 atom stereocenters. The Morgan fingerprint density at radius 1 is 1.08 bits per heavy atom. The number of fused-ring (bicyclic) bond motifs is 1. The van der Waals surface area contributed by atoms with Crippen LogP contribution >= 0.6 is 11.6 Å². The van der Waals surface area contributed by atoms with Gasteiger partial charge in [-0.15, -0.1) is 0 Å². The Morgan fingerprint density at radius 3 is 2.60 bits per heavy atom. The molecule has 0 radical (unpaired) electrons. The number of halogens is 1. The Bertz CT molecular complexity index is 902. The number of hydrogen-bond donors (Lipinski definition) is 1. The number of pyridine rings is 2. The third-order valence-corrected chi connectivity index (χ3v) is 5.24. The lowest BCUT2D eigenvalue weighted by atomic mass is 9.87. The molecule has 1 saturated heterocycles. The van der Waals surface area contributed by atoms with Crippen molar-refractivity contribution in [3.8, 4) is 0 Å². The zero-order valence-electron chi connectivity index (χ0n) is 14.1. The highest BCUT2D eigenvalue weighted by molar-refractivity contribution is 6.31. The molecule has 4 nitrogen and oxygen atoms in total. The van der Waals surface area contributed by atoms with E-state index >= 15 is 0 Å². The van der Waals surface area contributed by atoms with Crippen molar-refractivity contribution in [1.29, 1.82) is 0 Å². The highest BCUT2D eigenvalue weighted by atomic mass is 35.5. The van der Waals surface area contributed by atoms with Crippen LogP contribution in [0.3, 0.4) is 0 Å². The van der Waals surface area contributed by atoms with Gasteiger partial charge < -0.3 is 10.0 Å². The van der Waals surface area contributed by atoms with Crippen molar-refractivity contribution >= 4 is 28.2 Å². The van der Waals surface area contributed by atoms with E-state index in [0.29, 0.717) is 17.9 Å². The van der Waals surface area contributed by atoms with Crippen molar-refractivity contribution < 1.29 is 5.11 Å². The van der Waals surface area contributed by atoms with Crippen LogP contribution in [0.5, 0.6) is 0 Å². The maximum atomic E-state index is 11.0. The number of nitrogens with zero attached hydrogens (tertiary/aromatic N) is 3. The quantitative estimate of drug-likeness (QED) is 0.754. The fourth-order valence-corrected chi connectivity index (χ4v) is 3.67. The first-order chi connectivity index (χ1) is 12.0. The second-order valence-corrected chi connectivity index (χ2v) is 7.17. The van der Waals surface area contributed by atoms with Gasteiger partial charge in [0, 0.05) is 41.6 Å².